The second-order valence-corrected chi connectivity index (χ2v) is 7.50. The van der Waals surface area contributed by atoms with Crippen molar-refractivity contribution < 1.29 is 19.1 Å². The average Bonchev–Trinajstić information content (AvgIpc) is 3.36. The molecule has 1 saturated heterocycles. The number of thioether (sulfide) groups is 1. The third kappa shape index (κ3) is 3.60. The Balaban J connectivity index is 1.44. The fraction of sp³-hybridized carbons (Fsp3) is 0.300. The van der Waals surface area contributed by atoms with Gasteiger partial charge in [0.05, 0.1) is 11.9 Å². The monoisotopic (exact) mass is 384 g/mol. The molecule has 1 N–H and O–H groups in total. The van der Waals surface area contributed by atoms with Crippen molar-refractivity contribution in [1.29, 1.82) is 0 Å². The lowest BCUT2D eigenvalue weighted by atomic mass is 10.1. The van der Waals surface area contributed by atoms with Crippen LogP contribution < -0.4 is 14.8 Å². The fourth-order valence-electron chi connectivity index (χ4n) is 3.18. The summed E-state index contributed by atoms with van der Waals surface area (Å²) in [5.41, 5.74) is 1.53. The van der Waals surface area contributed by atoms with Crippen LogP contribution in [0.1, 0.15) is 28.9 Å². The standard InChI is InChI=1S/C20H20N2O4S/c1-13(15-7-8-17-18(9-15)26-12-25-17)21-19(23)16-10-27-11-22(16)20(24)14-5-3-2-4-6-14/h2-9,13,16H,10-12H2,1H3,(H,21,23)/t13?,16-/m0/s1. The largest absolute Gasteiger partial charge is 0.454 e. The Morgan fingerprint density at radius 1 is 1.15 bits per heavy atom. The Hall–Kier alpha value is -2.67. The molecule has 4 rings (SSSR count). The SMILES string of the molecule is CC(NC(=O)[C@@H]1CSCN1C(=O)c1ccccc1)c1ccc2c(c1)OCO2. The van der Waals surface area contributed by atoms with Gasteiger partial charge in [0.2, 0.25) is 12.7 Å². The molecule has 2 aliphatic rings. The zero-order chi connectivity index (χ0) is 18.8. The highest BCUT2D eigenvalue weighted by Crippen LogP contribution is 2.34. The summed E-state index contributed by atoms with van der Waals surface area (Å²) in [6, 6.07) is 14.0. The molecule has 0 aromatic heterocycles. The van der Waals surface area contributed by atoms with E-state index in [0.29, 0.717) is 28.7 Å². The van der Waals surface area contributed by atoms with E-state index in [-0.39, 0.29) is 24.6 Å². The molecule has 2 heterocycles. The van der Waals surface area contributed by atoms with E-state index in [0.717, 1.165) is 5.56 Å². The summed E-state index contributed by atoms with van der Waals surface area (Å²) >= 11 is 1.59. The van der Waals surface area contributed by atoms with Gasteiger partial charge in [-0.1, -0.05) is 24.3 Å². The van der Waals surface area contributed by atoms with Crippen molar-refractivity contribution >= 4 is 23.6 Å². The van der Waals surface area contributed by atoms with E-state index in [4.69, 9.17) is 9.47 Å². The first-order valence-corrected chi connectivity index (χ1v) is 9.92. The van der Waals surface area contributed by atoms with Gasteiger partial charge in [-0.15, -0.1) is 11.8 Å². The lowest BCUT2D eigenvalue weighted by Gasteiger charge is -2.25. The first-order chi connectivity index (χ1) is 13.1. The van der Waals surface area contributed by atoms with Crippen LogP contribution in [0.4, 0.5) is 0 Å². The fourth-order valence-corrected chi connectivity index (χ4v) is 4.34. The van der Waals surface area contributed by atoms with Crippen molar-refractivity contribution in [3.05, 3.63) is 59.7 Å². The van der Waals surface area contributed by atoms with Crippen molar-refractivity contribution in [1.82, 2.24) is 10.2 Å². The van der Waals surface area contributed by atoms with Crippen LogP contribution in [-0.2, 0) is 4.79 Å². The van der Waals surface area contributed by atoms with Crippen molar-refractivity contribution in [3.63, 3.8) is 0 Å². The van der Waals surface area contributed by atoms with Crippen LogP contribution >= 0.6 is 11.8 Å². The zero-order valence-electron chi connectivity index (χ0n) is 14.9. The number of hydrogen-bond acceptors (Lipinski definition) is 5. The maximum absolute atomic E-state index is 12.8. The number of hydrogen-bond donors (Lipinski definition) is 1. The van der Waals surface area contributed by atoms with Gasteiger partial charge >= 0.3 is 0 Å². The van der Waals surface area contributed by atoms with Crippen molar-refractivity contribution in [3.8, 4) is 11.5 Å². The van der Waals surface area contributed by atoms with E-state index < -0.39 is 6.04 Å². The smallest absolute Gasteiger partial charge is 0.255 e. The van der Waals surface area contributed by atoms with Crippen molar-refractivity contribution in [2.24, 2.45) is 0 Å². The first-order valence-electron chi connectivity index (χ1n) is 8.77. The van der Waals surface area contributed by atoms with E-state index in [1.54, 1.807) is 28.8 Å². The molecule has 7 heteroatoms. The van der Waals surface area contributed by atoms with Crippen LogP contribution in [0.25, 0.3) is 0 Å². The molecule has 2 aliphatic heterocycles. The normalized spacial score (nSPS) is 19.0. The number of benzene rings is 2. The van der Waals surface area contributed by atoms with Gasteiger partial charge in [-0.2, -0.15) is 0 Å². The maximum Gasteiger partial charge on any atom is 0.255 e. The highest BCUT2D eigenvalue weighted by molar-refractivity contribution is 7.99. The quantitative estimate of drug-likeness (QED) is 0.878. The van der Waals surface area contributed by atoms with Crippen molar-refractivity contribution in [2.45, 2.75) is 19.0 Å². The molecule has 6 nitrogen and oxygen atoms in total. The van der Waals surface area contributed by atoms with Gasteiger partial charge in [0, 0.05) is 11.3 Å². The molecule has 140 valence electrons. The zero-order valence-corrected chi connectivity index (χ0v) is 15.7. The Bertz CT molecular complexity index is 858. The Morgan fingerprint density at radius 3 is 2.74 bits per heavy atom. The highest BCUT2D eigenvalue weighted by Gasteiger charge is 2.35. The van der Waals surface area contributed by atoms with E-state index in [2.05, 4.69) is 5.32 Å². The number of ether oxygens (including phenoxy) is 2. The van der Waals surface area contributed by atoms with Gasteiger partial charge in [-0.25, -0.2) is 0 Å². The molecular weight excluding hydrogens is 364 g/mol. The molecule has 1 unspecified atom stereocenters. The van der Waals surface area contributed by atoms with Crippen LogP contribution in [0.5, 0.6) is 11.5 Å². The predicted octanol–water partition coefficient (Wildman–Crippen LogP) is 2.81. The van der Waals surface area contributed by atoms with Gasteiger partial charge in [0.15, 0.2) is 11.5 Å². The number of carbonyl (C=O) groups is 2. The van der Waals surface area contributed by atoms with Crippen LogP contribution in [0.3, 0.4) is 0 Å². The summed E-state index contributed by atoms with van der Waals surface area (Å²) < 4.78 is 10.7. The number of rotatable bonds is 4. The predicted molar refractivity (Wildman–Crippen MR) is 103 cm³/mol. The minimum Gasteiger partial charge on any atom is -0.454 e. The summed E-state index contributed by atoms with van der Waals surface area (Å²) in [5.74, 6) is 2.25. The van der Waals surface area contributed by atoms with E-state index in [1.165, 1.54) is 0 Å². The molecule has 0 radical (unpaired) electrons. The maximum atomic E-state index is 12.8. The van der Waals surface area contributed by atoms with E-state index >= 15 is 0 Å². The molecule has 27 heavy (non-hydrogen) atoms. The molecule has 0 spiro atoms. The summed E-state index contributed by atoms with van der Waals surface area (Å²) in [6.07, 6.45) is 0. The highest BCUT2D eigenvalue weighted by atomic mass is 32.2. The lowest BCUT2D eigenvalue weighted by molar-refractivity contribution is -0.125. The molecule has 1 fully saturated rings. The Kier molecular flexibility index (Phi) is 4.94. The number of nitrogens with one attached hydrogen (secondary N) is 1. The van der Waals surface area contributed by atoms with Gasteiger partial charge in [0.25, 0.3) is 5.91 Å². The Morgan fingerprint density at radius 2 is 1.93 bits per heavy atom. The minimum absolute atomic E-state index is 0.114. The summed E-state index contributed by atoms with van der Waals surface area (Å²) in [5, 5.41) is 3.02. The van der Waals surface area contributed by atoms with Crippen LogP contribution in [0.2, 0.25) is 0 Å². The van der Waals surface area contributed by atoms with Crippen molar-refractivity contribution in [2.75, 3.05) is 18.4 Å². The van der Waals surface area contributed by atoms with Gasteiger partial charge < -0.3 is 19.7 Å². The number of nitrogens with zero attached hydrogens (tertiary/aromatic N) is 1. The summed E-state index contributed by atoms with van der Waals surface area (Å²) in [4.78, 5) is 27.2. The third-order valence-corrected chi connectivity index (χ3v) is 5.73. The molecule has 2 aromatic rings. The molecule has 0 bridgehead atoms. The molecule has 2 aromatic carbocycles. The molecule has 0 aliphatic carbocycles. The molecule has 2 atom stereocenters. The summed E-state index contributed by atoms with van der Waals surface area (Å²) in [6.45, 7) is 2.14. The third-order valence-electron chi connectivity index (χ3n) is 4.72. The van der Waals surface area contributed by atoms with Gasteiger partial charge in [0.1, 0.15) is 6.04 Å². The van der Waals surface area contributed by atoms with Crippen LogP contribution in [-0.4, -0.2) is 41.2 Å². The number of amides is 2. The van der Waals surface area contributed by atoms with Crippen LogP contribution in [0, 0.1) is 0 Å². The van der Waals surface area contributed by atoms with Crippen LogP contribution in [0.15, 0.2) is 48.5 Å². The van der Waals surface area contributed by atoms with E-state index in [1.807, 2.05) is 43.3 Å². The van der Waals surface area contributed by atoms with E-state index in [9.17, 15) is 9.59 Å². The molecular formula is C20H20N2O4S. The Labute approximate surface area is 161 Å². The lowest BCUT2D eigenvalue weighted by Crippen LogP contribution is -2.47. The second-order valence-electron chi connectivity index (χ2n) is 6.50. The first kappa shape index (κ1) is 17.7. The average molecular weight is 384 g/mol. The topological polar surface area (TPSA) is 67.9 Å². The molecule has 2 amide bonds. The number of carbonyl (C=O) groups excluding carboxylic acids is 2. The second kappa shape index (κ2) is 7.52. The van der Waals surface area contributed by atoms with Gasteiger partial charge in [-0.05, 0) is 36.8 Å². The summed E-state index contributed by atoms with van der Waals surface area (Å²) in [7, 11) is 0. The number of fused-ring (bicyclic) bond motifs is 1. The van der Waals surface area contributed by atoms with Gasteiger partial charge in [-0.3, -0.25) is 9.59 Å². The minimum atomic E-state index is -0.473. The molecule has 0 saturated carbocycles.